The van der Waals surface area contributed by atoms with Gasteiger partial charge < -0.3 is 24.1 Å². The normalized spacial score (nSPS) is 10.7. The molecule has 1 amide bonds. The van der Waals surface area contributed by atoms with Gasteiger partial charge in [-0.05, 0) is 41.3 Å². The van der Waals surface area contributed by atoms with E-state index in [1.165, 1.54) is 25.8 Å². The molecule has 1 heterocycles. The zero-order chi connectivity index (χ0) is 25.8. The van der Waals surface area contributed by atoms with Crippen LogP contribution < -0.4 is 20.3 Å². The molecule has 0 radical (unpaired) electrons. The number of methoxy groups -OCH3 is 2. The van der Waals surface area contributed by atoms with Crippen LogP contribution in [0.1, 0.15) is 10.5 Å². The highest BCUT2D eigenvalue weighted by atomic mass is 35.5. The molecule has 0 atom stereocenters. The van der Waals surface area contributed by atoms with Crippen LogP contribution in [0, 0.1) is 0 Å². The van der Waals surface area contributed by atoms with E-state index in [9.17, 15) is 14.4 Å². The van der Waals surface area contributed by atoms with E-state index in [0.29, 0.717) is 44.1 Å². The lowest BCUT2D eigenvalue weighted by Gasteiger charge is -2.17. The fraction of sp³-hybridized carbons (Fsp3) is 0.148. The van der Waals surface area contributed by atoms with Crippen molar-refractivity contribution >= 4 is 39.9 Å². The summed E-state index contributed by atoms with van der Waals surface area (Å²) in [5.41, 5.74) is 1.19. The molecule has 3 aromatic carbocycles. The number of esters is 1. The van der Waals surface area contributed by atoms with Crippen LogP contribution in [0.4, 0.5) is 5.69 Å². The van der Waals surface area contributed by atoms with Crippen molar-refractivity contribution in [3.63, 3.8) is 0 Å². The van der Waals surface area contributed by atoms with Crippen molar-refractivity contribution in [3.8, 4) is 22.6 Å². The molecule has 0 fully saturated rings. The van der Waals surface area contributed by atoms with E-state index in [1.807, 2.05) is 0 Å². The maximum absolute atomic E-state index is 13.3. The Kier molecular flexibility index (Phi) is 7.26. The van der Waals surface area contributed by atoms with Crippen molar-refractivity contribution in [1.29, 1.82) is 0 Å². The number of halogens is 1. The zero-order valence-electron chi connectivity index (χ0n) is 19.8. The summed E-state index contributed by atoms with van der Waals surface area (Å²) in [6.45, 7) is -0.583. The fourth-order valence-electron chi connectivity index (χ4n) is 3.91. The van der Waals surface area contributed by atoms with Crippen molar-refractivity contribution in [2.75, 3.05) is 26.1 Å². The minimum atomic E-state index is -0.821. The number of anilines is 1. The molecule has 0 aliphatic heterocycles. The number of carbonyl (C=O) groups is 2. The summed E-state index contributed by atoms with van der Waals surface area (Å²) in [5, 5.41) is 4.21. The summed E-state index contributed by atoms with van der Waals surface area (Å²) < 4.78 is 17.0. The molecule has 4 aromatic rings. The summed E-state index contributed by atoms with van der Waals surface area (Å²) in [5.74, 6) is -0.480. The summed E-state index contributed by atoms with van der Waals surface area (Å²) in [6.07, 6.45) is 0. The van der Waals surface area contributed by atoms with Crippen LogP contribution in [0.25, 0.3) is 21.9 Å². The summed E-state index contributed by atoms with van der Waals surface area (Å²) in [6, 6.07) is 18.8. The quantitative estimate of drug-likeness (QED) is 0.366. The molecule has 0 bridgehead atoms. The number of nitrogens with zero attached hydrogens (tertiary/aromatic N) is 1. The van der Waals surface area contributed by atoms with Crippen LogP contribution in [0.5, 0.6) is 11.5 Å². The Morgan fingerprint density at radius 3 is 2.31 bits per heavy atom. The highest BCUT2D eigenvalue weighted by molar-refractivity contribution is 6.30. The number of hydrogen-bond acceptors (Lipinski definition) is 6. The van der Waals surface area contributed by atoms with E-state index in [0.717, 1.165) is 0 Å². The lowest BCUT2D eigenvalue weighted by molar-refractivity contribution is -0.119. The second kappa shape index (κ2) is 10.5. The van der Waals surface area contributed by atoms with Crippen LogP contribution in [0.2, 0.25) is 5.02 Å². The van der Waals surface area contributed by atoms with Gasteiger partial charge in [-0.15, -0.1) is 0 Å². The first-order chi connectivity index (χ1) is 17.3. The molecule has 9 heteroatoms. The first-order valence-corrected chi connectivity index (χ1v) is 11.3. The predicted octanol–water partition coefficient (Wildman–Crippen LogP) is 4.67. The largest absolute Gasteiger partial charge is 0.497 e. The van der Waals surface area contributed by atoms with E-state index >= 15 is 0 Å². The fourth-order valence-corrected chi connectivity index (χ4v) is 4.04. The molecule has 0 aliphatic carbocycles. The van der Waals surface area contributed by atoms with E-state index in [4.69, 9.17) is 25.8 Å². The molecular weight excluding hydrogens is 484 g/mol. The molecule has 0 spiro atoms. The van der Waals surface area contributed by atoms with Crippen LogP contribution in [0.15, 0.2) is 71.5 Å². The smallest absolute Gasteiger partial charge is 0.356 e. The number of ether oxygens (including phenoxy) is 3. The number of pyridine rings is 1. The van der Waals surface area contributed by atoms with E-state index < -0.39 is 18.5 Å². The lowest BCUT2D eigenvalue weighted by Crippen LogP contribution is -2.28. The molecule has 4 rings (SSSR count). The number of nitrogens with one attached hydrogen (secondary N) is 1. The maximum Gasteiger partial charge on any atom is 0.356 e. The molecule has 184 valence electrons. The Balaban J connectivity index is 1.67. The summed E-state index contributed by atoms with van der Waals surface area (Å²) >= 11 is 6.06. The van der Waals surface area contributed by atoms with Crippen LogP contribution in [-0.4, -0.2) is 37.3 Å². The Labute approximate surface area is 212 Å². The first kappa shape index (κ1) is 24.8. The average Bonchev–Trinajstić information content (AvgIpc) is 2.89. The van der Waals surface area contributed by atoms with Crippen LogP contribution in [0.3, 0.4) is 0 Å². The van der Waals surface area contributed by atoms with E-state index in [2.05, 4.69) is 5.32 Å². The van der Waals surface area contributed by atoms with Gasteiger partial charge >= 0.3 is 5.97 Å². The molecule has 36 heavy (non-hydrogen) atoms. The van der Waals surface area contributed by atoms with E-state index in [-0.39, 0.29) is 11.3 Å². The number of carbonyl (C=O) groups excluding carboxylic acids is 2. The number of amides is 1. The second-order valence-corrected chi connectivity index (χ2v) is 8.27. The number of fused-ring (bicyclic) bond motifs is 1. The molecule has 1 aromatic heterocycles. The number of hydrogen-bond donors (Lipinski definition) is 1. The third-order valence-electron chi connectivity index (χ3n) is 5.64. The SMILES string of the molecule is COc1ccc(OC)c(NC(=O)COC(=O)c2c(-c3ccc(Cl)cc3)c3ccccc3c(=O)n2C)c1. The third kappa shape index (κ3) is 4.89. The highest BCUT2D eigenvalue weighted by Gasteiger charge is 2.24. The van der Waals surface area contributed by atoms with Crippen molar-refractivity contribution < 1.29 is 23.8 Å². The maximum atomic E-state index is 13.3. The Morgan fingerprint density at radius 2 is 1.64 bits per heavy atom. The van der Waals surface area contributed by atoms with Gasteiger partial charge in [0, 0.05) is 29.1 Å². The predicted molar refractivity (Wildman–Crippen MR) is 138 cm³/mol. The van der Waals surface area contributed by atoms with Gasteiger partial charge in [0.25, 0.3) is 11.5 Å². The van der Waals surface area contributed by atoms with Gasteiger partial charge in [0.2, 0.25) is 0 Å². The molecule has 0 aliphatic rings. The number of aromatic nitrogens is 1. The van der Waals surface area contributed by atoms with Gasteiger partial charge in [0.1, 0.15) is 17.2 Å². The molecule has 1 N–H and O–H groups in total. The molecule has 0 saturated carbocycles. The Bertz CT molecular complexity index is 1510. The van der Waals surface area contributed by atoms with Crippen molar-refractivity contribution in [2.45, 2.75) is 0 Å². The van der Waals surface area contributed by atoms with Gasteiger partial charge in [0.05, 0.1) is 19.9 Å². The van der Waals surface area contributed by atoms with Gasteiger partial charge in [-0.1, -0.05) is 41.9 Å². The summed E-state index contributed by atoms with van der Waals surface area (Å²) in [7, 11) is 4.46. The summed E-state index contributed by atoms with van der Waals surface area (Å²) in [4.78, 5) is 38.9. The third-order valence-corrected chi connectivity index (χ3v) is 5.90. The Morgan fingerprint density at radius 1 is 0.944 bits per heavy atom. The Hall–Kier alpha value is -4.30. The van der Waals surface area contributed by atoms with Crippen LogP contribution >= 0.6 is 11.6 Å². The minimum absolute atomic E-state index is 0.0211. The average molecular weight is 507 g/mol. The topological polar surface area (TPSA) is 95.9 Å². The number of benzene rings is 3. The highest BCUT2D eigenvalue weighted by Crippen LogP contribution is 2.32. The molecular formula is C27H23ClN2O6. The number of rotatable bonds is 7. The second-order valence-electron chi connectivity index (χ2n) is 7.83. The van der Waals surface area contributed by atoms with Gasteiger partial charge in [-0.25, -0.2) is 4.79 Å². The van der Waals surface area contributed by atoms with Crippen molar-refractivity contribution in [1.82, 2.24) is 4.57 Å². The molecule has 0 saturated heterocycles. The van der Waals surface area contributed by atoms with Gasteiger partial charge in [-0.3, -0.25) is 9.59 Å². The van der Waals surface area contributed by atoms with Gasteiger partial charge in [-0.2, -0.15) is 0 Å². The molecule has 8 nitrogen and oxygen atoms in total. The zero-order valence-corrected chi connectivity index (χ0v) is 20.6. The van der Waals surface area contributed by atoms with Gasteiger partial charge in [0.15, 0.2) is 6.61 Å². The molecule has 0 unspecified atom stereocenters. The minimum Gasteiger partial charge on any atom is -0.497 e. The van der Waals surface area contributed by atoms with Crippen LogP contribution in [-0.2, 0) is 16.6 Å². The first-order valence-electron chi connectivity index (χ1n) is 10.9. The van der Waals surface area contributed by atoms with Crippen molar-refractivity contribution in [2.24, 2.45) is 7.05 Å². The lowest BCUT2D eigenvalue weighted by atomic mass is 9.97. The standard InChI is InChI=1S/C27H23ClN2O6/c1-30-25(27(33)36-15-23(31)29-21-14-18(34-2)12-13-22(21)35-3)24(16-8-10-17(28)11-9-16)19-6-4-5-7-20(19)26(30)32/h4-14H,15H2,1-3H3,(H,29,31). The van der Waals surface area contributed by atoms with Crippen molar-refractivity contribution in [3.05, 3.63) is 87.8 Å². The van der Waals surface area contributed by atoms with E-state index in [1.54, 1.807) is 66.7 Å². The monoisotopic (exact) mass is 506 g/mol.